The van der Waals surface area contributed by atoms with Crippen molar-refractivity contribution in [3.8, 4) is 5.75 Å². The quantitative estimate of drug-likeness (QED) is 0.0800. The molecule has 5 aliphatic rings. The number of aliphatic hydroxyl groups is 11. The number of unbranched alkanes of at least 4 members (excludes halogenated alkanes) is 2. The largest absolute Gasteiger partial charge is 0.497 e. The SMILES string of the molecule is C=CCN1C[C@@H](O)[C@H](O)[C@@H](C(F)F)C1.CCCCC(=O)N1C[C@@H](O)[C@H](O)[C@@H](C(F)F)C1.CCCCN1C[C@@H](O)[C@H](O)[C@@H](C(F)F)C1.COc1cccc(CN2C[C@@H](O)[C@H](O)[C@@H](C(F)F)C2)c1.OC(c1ccccc1)C1CNC[C@@H](O)[C@@H]1O. The van der Waals surface area contributed by atoms with Gasteiger partial charge in [-0.3, -0.25) is 14.6 Å². The van der Waals surface area contributed by atoms with E-state index in [1.165, 1.54) is 4.90 Å². The summed E-state index contributed by atoms with van der Waals surface area (Å²) < 4.78 is 106. The van der Waals surface area contributed by atoms with Gasteiger partial charge in [0.25, 0.3) is 0 Å². The predicted octanol–water partition coefficient (Wildman–Crippen LogP) is 2.19. The number of carbonyl (C=O) groups excluding carboxylic acids is 1. The number of ether oxygens (including phenoxy) is 1. The molecule has 5 saturated heterocycles. The number of aliphatic hydroxyl groups excluding tert-OH is 11. The number of carbonyl (C=O) groups is 1. The van der Waals surface area contributed by atoms with E-state index in [0.29, 0.717) is 57.9 Å². The van der Waals surface area contributed by atoms with Gasteiger partial charge in [-0.25, -0.2) is 35.1 Å². The molecule has 2 aromatic rings. The first-order valence-electron chi connectivity index (χ1n) is 27.9. The van der Waals surface area contributed by atoms with Crippen LogP contribution in [-0.4, -0.2) is 254 Å². The lowest BCUT2D eigenvalue weighted by Gasteiger charge is -2.39. The molecule has 5 heterocycles. The van der Waals surface area contributed by atoms with Crippen LogP contribution < -0.4 is 10.1 Å². The Labute approximate surface area is 475 Å². The van der Waals surface area contributed by atoms with Crippen LogP contribution in [0.25, 0.3) is 0 Å². The molecule has 472 valence electrons. The van der Waals surface area contributed by atoms with E-state index in [1.54, 1.807) is 34.0 Å². The molecule has 5 fully saturated rings. The Morgan fingerprint density at radius 2 is 1.05 bits per heavy atom. The summed E-state index contributed by atoms with van der Waals surface area (Å²) in [5.74, 6) is -4.77. The van der Waals surface area contributed by atoms with Gasteiger partial charge in [0.2, 0.25) is 31.6 Å². The fraction of sp³-hybridized carbons (Fsp3) is 0.732. The predicted molar refractivity (Wildman–Crippen MR) is 288 cm³/mol. The van der Waals surface area contributed by atoms with Gasteiger partial charge in [0.15, 0.2) is 0 Å². The second-order valence-corrected chi connectivity index (χ2v) is 21.5. The van der Waals surface area contributed by atoms with Gasteiger partial charge in [-0.15, -0.1) is 6.58 Å². The number of alkyl halides is 8. The van der Waals surface area contributed by atoms with Crippen molar-refractivity contribution < 1.29 is 101 Å². The van der Waals surface area contributed by atoms with Crippen LogP contribution in [0.2, 0.25) is 0 Å². The summed E-state index contributed by atoms with van der Waals surface area (Å²) in [4.78, 5) is 18.1. The van der Waals surface area contributed by atoms with Crippen LogP contribution >= 0.6 is 0 Å². The van der Waals surface area contributed by atoms with Crippen molar-refractivity contribution in [2.75, 3.05) is 85.6 Å². The van der Waals surface area contributed by atoms with Crippen molar-refractivity contribution in [2.45, 2.75) is 145 Å². The summed E-state index contributed by atoms with van der Waals surface area (Å²) in [5.41, 5.74) is 1.68. The topological polar surface area (TPSA) is 274 Å². The number of halogens is 8. The van der Waals surface area contributed by atoms with E-state index >= 15 is 0 Å². The number of methoxy groups -OCH3 is 1. The van der Waals surface area contributed by atoms with Gasteiger partial charge < -0.3 is 76.0 Å². The molecule has 0 saturated carbocycles. The van der Waals surface area contributed by atoms with E-state index in [2.05, 4.69) is 11.9 Å². The Balaban J connectivity index is 0.000000270. The van der Waals surface area contributed by atoms with Crippen LogP contribution in [-0.2, 0) is 11.3 Å². The van der Waals surface area contributed by atoms with Gasteiger partial charge >= 0.3 is 0 Å². The van der Waals surface area contributed by atoms with Crippen molar-refractivity contribution >= 4 is 5.91 Å². The smallest absolute Gasteiger partial charge is 0.245 e. The molecule has 0 bridgehead atoms. The summed E-state index contributed by atoms with van der Waals surface area (Å²) in [6.45, 7) is 10.7. The van der Waals surface area contributed by atoms with Crippen LogP contribution in [0.4, 0.5) is 35.1 Å². The molecule has 0 aliphatic carbocycles. The highest BCUT2D eigenvalue weighted by Gasteiger charge is 2.43. The molecule has 12 N–H and O–H groups in total. The number of β-amino-alcohol motifs (C(OH)–C–C–N with tert-alkyl or cyclic N) is 5. The lowest BCUT2D eigenvalue weighted by molar-refractivity contribution is -0.150. The van der Waals surface area contributed by atoms with E-state index in [0.717, 1.165) is 30.4 Å². The summed E-state index contributed by atoms with van der Waals surface area (Å²) in [6.07, 6.45) is -17.6. The molecule has 2 unspecified atom stereocenters. The Hall–Kier alpha value is -3.71. The standard InChI is InChI=1S/C14H19F2NO3.C12H17NO3.C11H19F2NO3.C10H19F2NO2.C9H15F2NO2/c1-20-10-4-2-3-9(5-10)6-17-7-11(14(15)16)13(19)12(18)8-17;14-10-7-13-6-9(12(10)16)11(15)8-4-2-1-3-5-8;1-2-3-4-9(16)14-5-7(11(12)13)10(17)8(15)6-14;1-2-3-4-13-5-7(10(11)12)9(15)8(14)6-13;1-2-3-12-4-6(9(10)11)8(14)7(13)5-12/h2-5,11-14,18-19H,6-8H2,1H3;1-5,9-16H,6-7H2;7-8,10-11,15,17H,2-6H2,1H3;7-10,14-15H,2-6H2,1H3;2,6-9,13-14H,1,3-5H2/t11-,12+,13+;9?,10-,11?,12-;7-,8+,10+;7-,8+,9+;6-,7+,8+/m01000/s1. The number of nitrogens with zero attached hydrogens (tertiary/aromatic N) is 4. The highest BCUT2D eigenvalue weighted by molar-refractivity contribution is 5.76. The maximum absolute atomic E-state index is 12.9. The third-order valence-electron chi connectivity index (χ3n) is 15.2. The summed E-state index contributed by atoms with van der Waals surface area (Å²) in [5, 5.41) is 108. The average molecular weight is 1190 g/mol. The Bertz CT molecular complexity index is 2080. The van der Waals surface area contributed by atoms with Crippen LogP contribution in [0.15, 0.2) is 67.3 Å². The minimum absolute atomic E-state index is 0.0626. The molecular weight excluding hydrogens is 1100 g/mol. The van der Waals surface area contributed by atoms with E-state index in [4.69, 9.17) is 4.74 Å². The third kappa shape index (κ3) is 22.9. The maximum atomic E-state index is 12.9. The first-order chi connectivity index (χ1) is 38.8. The van der Waals surface area contributed by atoms with Gasteiger partial charge in [0.05, 0.1) is 97.9 Å². The third-order valence-corrected chi connectivity index (χ3v) is 15.2. The minimum Gasteiger partial charge on any atom is -0.497 e. The van der Waals surface area contributed by atoms with Crippen LogP contribution in [0.3, 0.4) is 0 Å². The van der Waals surface area contributed by atoms with Crippen molar-refractivity contribution in [2.24, 2.45) is 29.6 Å². The number of benzene rings is 2. The number of nitrogens with one attached hydrogen (secondary N) is 1. The van der Waals surface area contributed by atoms with Gasteiger partial charge in [-0.05, 0) is 42.6 Å². The summed E-state index contributed by atoms with van der Waals surface area (Å²) in [7, 11) is 1.56. The Kier molecular flexibility index (Phi) is 32.7. The van der Waals surface area contributed by atoms with Gasteiger partial charge in [0, 0.05) is 90.9 Å². The maximum Gasteiger partial charge on any atom is 0.245 e. The Morgan fingerprint density at radius 1 is 0.585 bits per heavy atom. The first-order valence-corrected chi connectivity index (χ1v) is 27.9. The highest BCUT2D eigenvalue weighted by Crippen LogP contribution is 2.30. The molecule has 0 aromatic heterocycles. The van der Waals surface area contributed by atoms with Gasteiger partial charge in [-0.2, -0.15) is 0 Å². The van der Waals surface area contributed by atoms with Crippen LogP contribution in [0.5, 0.6) is 5.75 Å². The average Bonchev–Trinajstić information content (AvgIpc) is 3.60. The Morgan fingerprint density at radius 3 is 1.55 bits per heavy atom. The zero-order valence-electron chi connectivity index (χ0n) is 46.8. The highest BCUT2D eigenvalue weighted by atomic mass is 19.3. The van der Waals surface area contributed by atoms with Gasteiger partial charge in [-0.1, -0.05) is 75.2 Å². The van der Waals surface area contributed by atoms with Crippen molar-refractivity contribution in [1.82, 2.24) is 24.9 Å². The molecule has 7 rings (SSSR count). The molecule has 26 heteroatoms. The molecule has 18 nitrogen and oxygen atoms in total. The second-order valence-electron chi connectivity index (χ2n) is 21.5. The van der Waals surface area contributed by atoms with Crippen molar-refractivity contribution in [1.29, 1.82) is 0 Å². The molecule has 0 radical (unpaired) electrons. The van der Waals surface area contributed by atoms with Gasteiger partial charge in [0.1, 0.15) is 5.75 Å². The fourth-order valence-corrected chi connectivity index (χ4v) is 10.3. The van der Waals surface area contributed by atoms with Crippen molar-refractivity contribution in [3.05, 3.63) is 78.4 Å². The second kappa shape index (κ2) is 37.0. The number of likely N-dealkylation sites (tertiary alicyclic amines) is 4. The lowest BCUT2D eigenvalue weighted by Crippen LogP contribution is -2.56. The fourth-order valence-electron chi connectivity index (χ4n) is 10.3. The van der Waals surface area contributed by atoms with E-state index < -0.39 is 117 Å². The first kappa shape index (κ1) is 72.5. The molecule has 82 heavy (non-hydrogen) atoms. The molecule has 2 aromatic carbocycles. The van der Waals surface area contributed by atoms with E-state index in [9.17, 15) is 96.1 Å². The molecule has 16 atom stereocenters. The molecule has 1 amide bonds. The number of hydrogen-bond donors (Lipinski definition) is 12. The number of rotatable bonds is 17. The number of piperidine rings is 5. The number of amides is 1. The van der Waals surface area contributed by atoms with Crippen LogP contribution in [0.1, 0.15) is 63.2 Å². The molecule has 5 aliphatic heterocycles. The molecular formula is C56H89F8N5O13. The van der Waals surface area contributed by atoms with E-state index in [1.807, 2.05) is 62.4 Å². The van der Waals surface area contributed by atoms with Crippen LogP contribution in [0, 0.1) is 29.6 Å². The summed E-state index contributed by atoms with van der Waals surface area (Å²) >= 11 is 0. The van der Waals surface area contributed by atoms with Crippen molar-refractivity contribution in [3.63, 3.8) is 0 Å². The summed E-state index contributed by atoms with van der Waals surface area (Å²) in [6, 6.07) is 16.5. The zero-order chi connectivity index (χ0) is 61.4. The normalized spacial score (nSPS) is 31.3. The monoisotopic (exact) mass is 1190 g/mol. The lowest BCUT2D eigenvalue weighted by atomic mass is 9.86. The zero-order valence-corrected chi connectivity index (χ0v) is 46.8. The number of hydrogen-bond acceptors (Lipinski definition) is 17. The minimum atomic E-state index is -2.73. The van der Waals surface area contributed by atoms with E-state index in [-0.39, 0.29) is 57.6 Å². The molecule has 0 spiro atoms.